The molecule has 4 rings (SSSR count). The lowest BCUT2D eigenvalue weighted by Crippen LogP contribution is -2.14. The standard InChI is InChI=1S/C24H28N4O2S/c1-16-8-11-19(14-17(16)2)25-22(29)15-31-24-27-26-23(28(24)3)18-9-12-21(13-10-18)30-20-6-4-5-7-20/h8-14,20H,4-7,15H2,1-3H3,(H,25,29). The number of hydrogen-bond acceptors (Lipinski definition) is 5. The fourth-order valence-electron chi connectivity index (χ4n) is 3.72. The van der Waals surface area contributed by atoms with Gasteiger partial charge < -0.3 is 14.6 Å². The second-order valence-electron chi connectivity index (χ2n) is 8.05. The molecule has 2 aromatic carbocycles. The van der Waals surface area contributed by atoms with Gasteiger partial charge in [-0.15, -0.1) is 10.2 Å². The molecule has 1 amide bonds. The first kappa shape index (κ1) is 21.4. The number of anilines is 1. The minimum atomic E-state index is -0.0637. The second kappa shape index (κ2) is 9.56. The van der Waals surface area contributed by atoms with Crippen molar-refractivity contribution < 1.29 is 9.53 Å². The summed E-state index contributed by atoms with van der Waals surface area (Å²) >= 11 is 1.37. The lowest BCUT2D eigenvalue weighted by atomic mass is 10.1. The van der Waals surface area contributed by atoms with Crippen LogP contribution in [-0.2, 0) is 11.8 Å². The number of carbonyl (C=O) groups is 1. The lowest BCUT2D eigenvalue weighted by molar-refractivity contribution is -0.113. The molecule has 1 saturated carbocycles. The van der Waals surface area contributed by atoms with Crippen LogP contribution in [0.3, 0.4) is 0 Å². The first-order valence-electron chi connectivity index (χ1n) is 10.7. The topological polar surface area (TPSA) is 69.0 Å². The minimum absolute atomic E-state index is 0.0637. The van der Waals surface area contributed by atoms with E-state index in [0.29, 0.717) is 11.3 Å². The number of amides is 1. The quantitative estimate of drug-likeness (QED) is 0.519. The minimum Gasteiger partial charge on any atom is -0.490 e. The van der Waals surface area contributed by atoms with Crippen LogP contribution in [0.2, 0.25) is 0 Å². The Morgan fingerprint density at radius 3 is 2.55 bits per heavy atom. The Kier molecular flexibility index (Phi) is 6.61. The summed E-state index contributed by atoms with van der Waals surface area (Å²) in [5, 5.41) is 12.2. The van der Waals surface area contributed by atoms with Gasteiger partial charge in [0.15, 0.2) is 11.0 Å². The first-order chi connectivity index (χ1) is 15.0. The number of hydrogen-bond donors (Lipinski definition) is 1. The van der Waals surface area contributed by atoms with Gasteiger partial charge in [0.25, 0.3) is 0 Å². The summed E-state index contributed by atoms with van der Waals surface area (Å²) in [6, 6.07) is 13.9. The molecule has 1 fully saturated rings. The van der Waals surface area contributed by atoms with E-state index < -0.39 is 0 Å². The highest BCUT2D eigenvalue weighted by Crippen LogP contribution is 2.27. The zero-order valence-corrected chi connectivity index (χ0v) is 19.0. The number of thioether (sulfide) groups is 1. The molecular formula is C24H28N4O2S. The molecule has 1 aromatic heterocycles. The predicted molar refractivity (Wildman–Crippen MR) is 125 cm³/mol. The van der Waals surface area contributed by atoms with E-state index in [0.717, 1.165) is 41.2 Å². The number of carbonyl (C=O) groups excluding carboxylic acids is 1. The van der Waals surface area contributed by atoms with Gasteiger partial charge >= 0.3 is 0 Å². The summed E-state index contributed by atoms with van der Waals surface area (Å²) in [5.74, 6) is 1.87. The van der Waals surface area contributed by atoms with Crippen molar-refractivity contribution in [3.63, 3.8) is 0 Å². The van der Waals surface area contributed by atoms with Crippen molar-refractivity contribution in [1.82, 2.24) is 14.8 Å². The summed E-state index contributed by atoms with van der Waals surface area (Å²) in [6.07, 6.45) is 5.14. The fraction of sp³-hybridized carbons (Fsp3) is 0.375. The van der Waals surface area contributed by atoms with Crippen LogP contribution >= 0.6 is 11.8 Å². The van der Waals surface area contributed by atoms with E-state index in [-0.39, 0.29) is 11.7 Å². The van der Waals surface area contributed by atoms with Gasteiger partial charge in [0.2, 0.25) is 5.91 Å². The van der Waals surface area contributed by atoms with Crippen molar-refractivity contribution in [1.29, 1.82) is 0 Å². The summed E-state index contributed by atoms with van der Waals surface area (Å²) in [5.41, 5.74) is 4.15. The molecule has 0 saturated heterocycles. The Labute approximate surface area is 187 Å². The number of nitrogens with one attached hydrogen (secondary N) is 1. The largest absolute Gasteiger partial charge is 0.490 e. The van der Waals surface area contributed by atoms with Crippen LogP contribution in [0.25, 0.3) is 11.4 Å². The molecule has 0 aliphatic heterocycles. The molecule has 0 spiro atoms. The lowest BCUT2D eigenvalue weighted by Gasteiger charge is -2.13. The van der Waals surface area contributed by atoms with Crippen molar-refractivity contribution in [3.8, 4) is 17.1 Å². The molecule has 162 valence electrons. The average Bonchev–Trinajstić information content (AvgIpc) is 3.40. The van der Waals surface area contributed by atoms with Crippen LogP contribution in [0.4, 0.5) is 5.69 Å². The summed E-state index contributed by atoms with van der Waals surface area (Å²) in [7, 11) is 1.92. The van der Waals surface area contributed by atoms with Crippen molar-refractivity contribution in [2.45, 2.75) is 50.8 Å². The van der Waals surface area contributed by atoms with Gasteiger partial charge in [0.05, 0.1) is 11.9 Å². The average molecular weight is 437 g/mol. The van der Waals surface area contributed by atoms with Crippen molar-refractivity contribution in [2.75, 3.05) is 11.1 Å². The molecule has 1 N–H and O–H groups in total. The van der Waals surface area contributed by atoms with Crippen molar-refractivity contribution in [2.24, 2.45) is 7.05 Å². The molecule has 1 heterocycles. The van der Waals surface area contributed by atoms with E-state index in [2.05, 4.69) is 22.4 Å². The van der Waals surface area contributed by atoms with Gasteiger partial charge in [0, 0.05) is 18.3 Å². The normalized spacial score (nSPS) is 14.0. The molecule has 7 heteroatoms. The monoisotopic (exact) mass is 436 g/mol. The van der Waals surface area contributed by atoms with E-state index in [1.165, 1.54) is 30.2 Å². The number of benzene rings is 2. The molecule has 0 radical (unpaired) electrons. The van der Waals surface area contributed by atoms with Crippen LogP contribution in [0, 0.1) is 13.8 Å². The van der Waals surface area contributed by atoms with Gasteiger partial charge in [0.1, 0.15) is 5.75 Å². The number of aryl methyl sites for hydroxylation is 2. The second-order valence-corrected chi connectivity index (χ2v) is 8.99. The first-order valence-corrected chi connectivity index (χ1v) is 11.6. The highest BCUT2D eigenvalue weighted by molar-refractivity contribution is 7.99. The SMILES string of the molecule is Cc1ccc(NC(=O)CSc2nnc(-c3ccc(OC4CCCC4)cc3)n2C)cc1C. The third kappa shape index (κ3) is 5.28. The van der Waals surface area contributed by atoms with E-state index in [1.807, 2.05) is 61.0 Å². The Balaban J connectivity index is 1.35. The van der Waals surface area contributed by atoms with Crippen LogP contribution in [0.1, 0.15) is 36.8 Å². The molecule has 6 nitrogen and oxygen atoms in total. The number of aromatic nitrogens is 3. The van der Waals surface area contributed by atoms with Gasteiger partial charge in [-0.1, -0.05) is 17.8 Å². The Morgan fingerprint density at radius 2 is 1.84 bits per heavy atom. The maximum Gasteiger partial charge on any atom is 0.234 e. The summed E-state index contributed by atoms with van der Waals surface area (Å²) in [4.78, 5) is 12.3. The number of ether oxygens (including phenoxy) is 1. The third-order valence-corrected chi connectivity index (χ3v) is 6.70. The van der Waals surface area contributed by atoms with Crippen molar-refractivity contribution in [3.05, 3.63) is 53.6 Å². The van der Waals surface area contributed by atoms with Gasteiger partial charge in [-0.25, -0.2) is 0 Å². The highest BCUT2D eigenvalue weighted by Gasteiger charge is 2.17. The summed E-state index contributed by atoms with van der Waals surface area (Å²) < 4.78 is 7.96. The number of rotatable bonds is 7. The Hall–Kier alpha value is -2.80. The Bertz CT molecular complexity index is 1060. The highest BCUT2D eigenvalue weighted by atomic mass is 32.2. The Morgan fingerprint density at radius 1 is 1.10 bits per heavy atom. The summed E-state index contributed by atoms with van der Waals surface area (Å²) in [6.45, 7) is 4.09. The van der Waals surface area contributed by atoms with Crippen LogP contribution in [-0.4, -0.2) is 32.5 Å². The van der Waals surface area contributed by atoms with E-state index in [4.69, 9.17) is 4.74 Å². The maximum atomic E-state index is 12.3. The molecular weight excluding hydrogens is 408 g/mol. The van der Waals surface area contributed by atoms with E-state index in [1.54, 1.807) is 0 Å². The van der Waals surface area contributed by atoms with Crippen LogP contribution < -0.4 is 10.1 Å². The zero-order valence-electron chi connectivity index (χ0n) is 18.2. The zero-order chi connectivity index (χ0) is 21.8. The fourth-order valence-corrected chi connectivity index (χ4v) is 4.43. The molecule has 3 aromatic rings. The van der Waals surface area contributed by atoms with E-state index in [9.17, 15) is 4.79 Å². The smallest absolute Gasteiger partial charge is 0.234 e. The van der Waals surface area contributed by atoms with Crippen molar-refractivity contribution >= 4 is 23.4 Å². The van der Waals surface area contributed by atoms with Gasteiger partial charge in [-0.3, -0.25) is 4.79 Å². The molecule has 1 aliphatic rings. The van der Waals surface area contributed by atoms with Crippen LogP contribution in [0.15, 0.2) is 47.6 Å². The van der Waals surface area contributed by atoms with E-state index >= 15 is 0 Å². The molecule has 1 aliphatic carbocycles. The molecule has 0 bridgehead atoms. The third-order valence-electron chi connectivity index (χ3n) is 5.68. The molecule has 31 heavy (non-hydrogen) atoms. The molecule has 0 unspecified atom stereocenters. The maximum absolute atomic E-state index is 12.3. The van der Waals surface area contributed by atoms with Gasteiger partial charge in [-0.2, -0.15) is 0 Å². The predicted octanol–water partition coefficient (Wildman–Crippen LogP) is 5.15. The molecule has 0 atom stereocenters. The van der Waals surface area contributed by atoms with Gasteiger partial charge in [-0.05, 0) is 87.1 Å². The number of nitrogens with zero attached hydrogens (tertiary/aromatic N) is 3. The van der Waals surface area contributed by atoms with Crippen LogP contribution in [0.5, 0.6) is 5.75 Å².